The smallest absolute Gasteiger partial charge is 0.243 e. The first kappa shape index (κ1) is 16.7. The van der Waals surface area contributed by atoms with Crippen LogP contribution in [0.5, 0.6) is 0 Å². The molecule has 0 spiro atoms. The lowest BCUT2D eigenvalue weighted by Gasteiger charge is -2.22. The highest BCUT2D eigenvalue weighted by Gasteiger charge is 2.38. The molecule has 21 heavy (non-hydrogen) atoms. The van der Waals surface area contributed by atoms with Crippen molar-refractivity contribution in [2.75, 3.05) is 27.2 Å². The van der Waals surface area contributed by atoms with Crippen LogP contribution in [0.25, 0.3) is 0 Å². The van der Waals surface area contributed by atoms with E-state index in [4.69, 9.17) is 11.6 Å². The molecule has 118 valence electrons. The summed E-state index contributed by atoms with van der Waals surface area (Å²) < 4.78 is 40.3. The standard InChI is InChI=1S/C14H20ClFN2O2S/c1-10-8-18(9-14(10)17(2)3)21(19,20)12-4-5-13(16)11(6-12)7-15/h4-6,10,14H,7-9H2,1-3H3. The average Bonchev–Trinajstić information content (AvgIpc) is 2.82. The second-order valence-corrected chi connectivity index (χ2v) is 7.92. The topological polar surface area (TPSA) is 40.6 Å². The van der Waals surface area contributed by atoms with Crippen molar-refractivity contribution in [1.82, 2.24) is 9.21 Å². The lowest BCUT2D eigenvalue weighted by Crippen LogP contribution is -2.35. The van der Waals surface area contributed by atoms with Crippen molar-refractivity contribution >= 4 is 21.6 Å². The van der Waals surface area contributed by atoms with Gasteiger partial charge in [-0.25, -0.2) is 12.8 Å². The Morgan fingerprint density at radius 2 is 2.05 bits per heavy atom. The number of halogens is 2. The molecule has 2 unspecified atom stereocenters. The van der Waals surface area contributed by atoms with Crippen LogP contribution in [0.1, 0.15) is 12.5 Å². The summed E-state index contributed by atoms with van der Waals surface area (Å²) in [5.74, 6) is -0.279. The molecule has 0 amide bonds. The molecule has 0 aromatic heterocycles. The highest BCUT2D eigenvalue weighted by Crippen LogP contribution is 2.27. The van der Waals surface area contributed by atoms with Gasteiger partial charge in [0.1, 0.15) is 5.82 Å². The van der Waals surface area contributed by atoms with E-state index in [0.29, 0.717) is 13.1 Å². The van der Waals surface area contributed by atoms with Crippen molar-refractivity contribution in [2.45, 2.75) is 23.7 Å². The first-order valence-corrected chi connectivity index (χ1v) is 8.75. The molecule has 1 aromatic carbocycles. The molecule has 0 aliphatic carbocycles. The largest absolute Gasteiger partial charge is 0.305 e. The van der Waals surface area contributed by atoms with Crippen molar-refractivity contribution < 1.29 is 12.8 Å². The van der Waals surface area contributed by atoms with Gasteiger partial charge in [0.2, 0.25) is 10.0 Å². The van der Waals surface area contributed by atoms with Crippen molar-refractivity contribution in [1.29, 1.82) is 0 Å². The predicted molar refractivity (Wildman–Crippen MR) is 81.4 cm³/mol. The van der Waals surface area contributed by atoms with E-state index in [0.717, 1.165) is 6.07 Å². The van der Waals surface area contributed by atoms with E-state index in [-0.39, 0.29) is 28.3 Å². The third kappa shape index (κ3) is 3.23. The summed E-state index contributed by atoms with van der Waals surface area (Å²) in [7, 11) is 0.284. The molecular weight excluding hydrogens is 315 g/mol. The highest BCUT2D eigenvalue weighted by molar-refractivity contribution is 7.89. The number of hydrogen-bond acceptors (Lipinski definition) is 3. The maximum atomic E-state index is 13.5. The van der Waals surface area contributed by atoms with Gasteiger partial charge in [0.15, 0.2) is 0 Å². The van der Waals surface area contributed by atoms with Gasteiger partial charge in [-0.2, -0.15) is 4.31 Å². The number of likely N-dealkylation sites (N-methyl/N-ethyl adjacent to an activating group) is 1. The fourth-order valence-corrected chi connectivity index (χ4v) is 4.55. The van der Waals surface area contributed by atoms with E-state index in [1.165, 1.54) is 16.4 Å². The summed E-state index contributed by atoms with van der Waals surface area (Å²) in [5, 5.41) is 0. The Bertz CT molecular complexity index is 621. The zero-order chi connectivity index (χ0) is 15.8. The van der Waals surface area contributed by atoms with Gasteiger partial charge in [0.05, 0.1) is 10.8 Å². The normalized spacial score (nSPS) is 23.9. The van der Waals surface area contributed by atoms with E-state index < -0.39 is 15.8 Å². The van der Waals surface area contributed by atoms with E-state index >= 15 is 0 Å². The predicted octanol–water partition coefficient (Wildman–Crippen LogP) is 2.14. The summed E-state index contributed by atoms with van der Waals surface area (Å²) in [6.45, 7) is 2.96. The zero-order valence-corrected chi connectivity index (χ0v) is 14.0. The van der Waals surface area contributed by atoms with Crippen molar-refractivity contribution in [3.05, 3.63) is 29.6 Å². The maximum absolute atomic E-state index is 13.5. The molecule has 1 fully saturated rings. The van der Waals surface area contributed by atoms with E-state index in [1.54, 1.807) is 0 Å². The molecule has 1 saturated heterocycles. The van der Waals surface area contributed by atoms with Crippen LogP contribution in [-0.4, -0.2) is 50.8 Å². The first-order chi connectivity index (χ1) is 9.77. The molecule has 1 aromatic rings. The van der Waals surface area contributed by atoms with E-state index in [1.807, 2.05) is 25.9 Å². The minimum absolute atomic E-state index is 0.0497. The molecule has 4 nitrogen and oxygen atoms in total. The van der Waals surface area contributed by atoms with Crippen LogP contribution in [0.15, 0.2) is 23.1 Å². The minimum Gasteiger partial charge on any atom is -0.305 e. The molecule has 1 aliphatic rings. The molecule has 2 rings (SSSR count). The summed E-state index contributed by atoms with van der Waals surface area (Å²) >= 11 is 5.65. The van der Waals surface area contributed by atoms with Gasteiger partial charge in [-0.15, -0.1) is 11.6 Å². The van der Waals surface area contributed by atoms with Gasteiger partial charge in [-0.3, -0.25) is 0 Å². The van der Waals surface area contributed by atoms with Gasteiger partial charge < -0.3 is 4.90 Å². The molecule has 2 atom stereocenters. The van der Waals surface area contributed by atoms with Crippen LogP contribution >= 0.6 is 11.6 Å². The third-order valence-electron chi connectivity index (χ3n) is 4.00. The Morgan fingerprint density at radius 3 is 2.57 bits per heavy atom. The minimum atomic E-state index is -3.61. The SMILES string of the molecule is CC1CN(S(=O)(=O)c2ccc(F)c(CCl)c2)CC1N(C)C. The molecule has 0 N–H and O–H groups in total. The fourth-order valence-electron chi connectivity index (χ4n) is 2.74. The highest BCUT2D eigenvalue weighted by atomic mass is 35.5. The van der Waals surface area contributed by atoms with Crippen molar-refractivity contribution in [3.63, 3.8) is 0 Å². The van der Waals surface area contributed by atoms with Gasteiger partial charge in [-0.1, -0.05) is 6.92 Å². The van der Waals surface area contributed by atoms with Crippen LogP contribution in [-0.2, 0) is 15.9 Å². The van der Waals surface area contributed by atoms with Crippen LogP contribution in [0.3, 0.4) is 0 Å². The van der Waals surface area contributed by atoms with Crippen LogP contribution < -0.4 is 0 Å². The average molecular weight is 335 g/mol. The quantitative estimate of drug-likeness (QED) is 0.792. The van der Waals surface area contributed by atoms with E-state index in [2.05, 4.69) is 0 Å². The number of benzene rings is 1. The summed E-state index contributed by atoms with van der Waals surface area (Å²) in [6.07, 6.45) is 0. The number of alkyl halides is 1. The van der Waals surface area contributed by atoms with Gasteiger partial charge >= 0.3 is 0 Å². The van der Waals surface area contributed by atoms with Crippen LogP contribution in [0.4, 0.5) is 4.39 Å². The Balaban J connectivity index is 2.31. The Kier molecular flexibility index (Phi) is 4.92. The molecule has 1 heterocycles. The Labute approximate surface area is 130 Å². The number of nitrogens with zero attached hydrogens (tertiary/aromatic N) is 2. The maximum Gasteiger partial charge on any atom is 0.243 e. The van der Waals surface area contributed by atoms with Crippen LogP contribution in [0.2, 0.25) is 0 Å². The fraction of sp³-hybridized carbons (Fsp3) is 0.571. The molecule has 0 radical (unpaired) electrons. The van der Waals surface area contributed by atoms with E-state index in [9.17, 15) is 12.8 Å². The summed E-state index contributed by atoms with van der Waals surface area (Å²) in [4.78, 5) is 2.14. The van der Waals surface area contributed by atoms with Crippen molar-refractivity contribution in [2.24, 2.45) is 5.92 Å². The van der Waals surface area contributed by atoms with Crippen LogP contribution in [0, 0.1) is 11.7 Å². The molecule has 1 aliphatic heterocycles. The Morgan fingerprint density at radius 1 is 1.38 bits per heavy atom. The molecule has 0 saturated carbocycles. The molecule has 0 bridgehead atoms. The molecular formula is C14H20ClFN2O2S. The third-order valence-corrected chi connectivity index (χ3v) is 6.12. The lowest BCUT2D eigenvalue weighted by atomic mass is 10.1. The van der Waals surface area contributed by atoms with Crippen molar-refractivity contribution in [3.8, 4) is 0 Å². The number of rotatable bonds is 4. The second kappa shape index (κ2) is 6.20. The zero-order valence-electron chi connectivity index (χ0n) is 12.4. The molecule has 7 heteroatoms. The lowest BCUT2D eigenvalue weighted by molar-refractivity contribution is 0.263. The van der Waals surface area contributed by atoms with Gasteiger partial charge in [0, 0.05) is 24.7 Å². The summed E-state index contributed by atoms with van der Waals surface area (Å²) in [6, 6.07) is 3.97. The second-order valence-electron chi connectivity index (χ2n) is 5.72. The number of hydrogen-bond donors (Lipinski definition) is 0. The Hall–Kier alpha value is -0.690. The summed E-state index contributed by atoms with van der Waals surface area (Å²) in [5.41, 5.74) is 0.203. The van der Waals surface area contributed by atoms with Gasteiger partial charge in [-0.05, 0) is 38.2 Å². The monoisotopic (exact) mass is 334 g/mol. The first-order valence-electron chi connectivity index (χ1n) is 6.78. The number of sulfonamides is 1. The van der Waals surface area contributed by atoms with Gasteiger partial charge in [0.25, 0.3) is 0 Å².